The van der Waals surface area contributed by atoms with Crippen molar-refractivity contribution in [3.63, 3.8) is 0 Å². The van der Waals surface area contributed by atoms with Crippen molar-refractivity contribution in [1.82, 2.24) is 0 Å². The van der Waals surface area contributed by atoms with Crippen LogP contribution in [0.3, 0.4) is 0 Å². The van der Waals surface area contributed by atoms with Crippen LogP contribution >= 0.6 is 0 Å². The van der Waals surface area contributed by atoms with E-state index >= 15 is 0 Å². The summed E-state index contributed by atoms with van der Waals surface area (Å²) in [4.78, 5) is 0. The molecule has 3 heteroatoms. The van der Waals surface area contributed by atoms with Gasteiger partial charge >= 0.3 is 114 Å². The number of ether oxygens (including phenoxy) is 1. The molecule has 0 spiro atoms. The minimum absolute atomic E-state index is 0.328. The molecule has 2 nitrogen and oxygen atoms in total. The summed E-state index contributed by atoms with van der Waals surface area (Å²) in [6, 6.07) is 10.6. The molecule has 3 unspecified atom stereocenters. The molecule has 1 aromatic carbocycles. The third kappa shape index (κ3) is 2.21. The number of halogens is 1. The van der Waals surface area contributed by atoms with Gasteiger partial charge in [-0.2, -0.15) is 0 Å². The van der Waals surface area contributed by atoms with Crippen LogP contribution in [-0.2, 0) is 4.74 Å². The Kier molecular flexibility index (Phi) is 3.65. The van der Waals surface area contributed by atoms with Gasteiger partial charge in [-0.3, -0.25) is 0 Å². The number of methoxy groups -OCH3 is 1. The van der Waals surface area contributed by atoms with E-state index in [-0.39, 0.29) is 0 Å². The van der Waals surface area contributed by atoms with Gasteiger partial charge in [0.1, 0.15) is 0 Å². The Morgan fingerprint density at radius 2 is 1.89 bits per heavy atom. The fourth-order valence-corrected chi connectivity index (χ4v) is 14.0. The van der Waals surface area contributed by atoms with Crippen molar-refractivity contribution in [2.75, 3.05) is 11.5 Å². The first-order valence-electron chi connectivity index (χ1n) is 6.77. The Hall–Kier alpha value is -0.130. The predicted octanol–water partition coefficient (Wildman–Crippen LogP) is -0.233. The molecule has 18 heavy (non-hydrogen) atoms. The van der Waals surface area contributed by atoms with Crippen molar-refractivity contribution < 1.29 is 27.0 Å². The first kappa shape index (κ1) is 12.9. The van der Waals surface area contributed by atoms with Gasteiger partial charge in [-0.15, -0.1) is 0 Å². The van der Waals surface area contributed by atoms with E-state index in [0.717, 1.165) is 10.8 Å². The SMILES string of the molecule is COC1CCCCC1[I-]1(O)C[C@H]1c1ccccc1. The van der Waals surface area contributed by atoms with Crippen LogP contribution < -0.4 is 18.8 Å². The van der Waals surface area contributed by atoms with Crippen LogP contribution in [0.5, 0.6) is 0 Å². The van der Waals surface area contributed by atoms with Gasteiger partial charge in [0.15, 0.2) is 0 Å². The van der Waals surface area contributed by atoms with Crippen LogP contribution in [0.4, 0.5) is 0 Å². The summed E-state index contributed by atoms with van der Waals surface area (Å²) in [5.41, 5.74) is 1.36. The van der Waals surface area contributed by atoms with Gasteiger partial charge in [-0.05, 0) is 0 Å². The quantitative estimate of drug-likeness (QED) is 0.595. The standard InChI is InChI=1S/C15H22IO2/c1-18-15-10-6-5-9-13(15)16(17)11-14(16)12-7-3-2-4-8-12/h2-4,7-8,13-15,17H,5-6,9-11H2,1H3/q-1/t13?,14-,15?/m0/s1. The second kappa shape index (κ2) is 5.10. The van der Waals surface area contributed by atoms with Crippen molar-refractivity contribution in [1.29, 1.82) is 0 Å². The molecule has 4 atom stereocenters. The van der Waals surface area contributed by atoms with Gasteiger partial charge in [-0.1, -0.05) is 0 Å². The third-order valence-electron chi connectivity index (χ3n) is 4.31. The molecule has 102 valence electrons. The number of hydrogen-bond acceptors (Lipinski definition) is 2. The fourth-order valence-electron chi connectivity index (χ4n) is 3.21. The number of hydrogen-bond donors (Lipinski definition) is 1. The molecule has 1 saturated heterocycles. The summed E-state index contributed by atoms with van der Waals surface area (Å²) in [7, 11) is 1.81. The summed E-state index contributed by atoms with van der Waals surface area (Å²) in [5, 5.41) is 0. The van der Waals surface area contributed by atoms with Gasteiger partial charge in [0, 0.05) is 0 Å². The molecule has 0 aromatic heterocycles. The summed E-state index contributed by atoms with van der Waals surface area (Å²) >= 11 is -2.55. The molecular weight excluding hydrogens is 339 g/mol. The molecule has 1 aromatic rings. The molecule has 2 aliphatic rings. The molecule has 1 aliphatic carbocycles. The average molecular weight is 361 g/mol. The van der Waals surface area contributed by atoms with Crippen LogP contribution in [0, 0.1) is 0 Å². The van der Waals surface area contributed by atoms with E-state index in [4.69, 9.17) is 4.74 Å². The molecule has 1 N–H and O–H groups in total. The molecule has 1 heterocycles. The zero-order valence-corrected chi connectivity index (χ0v) is 13.0. The third-order valence-corrected chi connectivity index (χ3v) is 13.4. The van der Waals surface area contributed by atoms with Crippen molar-refractivity contribution in [3.05, 3.63) is 35.9 Å². The van der Waals surface area contributed by atoms with Crippen LogP contribution in [0.25, 0.3) is 0 Å². The second-order valence-electron chi connectivity index (χ2n) is 5.36. The Bertz CT molecular complexity index is 408. The Labute approximate surface area is 114 Å². The topological polar surface area (TPSA) is 29.5 Å². The molecule has 0 amide bonds. The predicted molar refractivity (Wildman–Crippen MR) is 69.3 cm³/mol. The van der Waals surface area contributed by atoms with E-state index in [9.17, 15) is 3.44 Å². The van der Waals surface area contributed by atoms with Gasteiger partial charge in [0.05, 0.1) is 0 Å². The molecule has 2 fully saturated rings. The van der Waals surface area contributed by atoms with E-state index in [1.807, 2.05) is 7.11 Å². The number of rotatable bonds is 3. The first-order valence-corrected chi connectivity index (χ1v) is 11.8. The Balaban J connectivity index is 1.77. The Morgan fingerprint density at radius 1 is 1.17 bits per heavy atom. The van der Waals surface area contributed by atoms with Crippen LogP contribution in [0.15, 0.2) is 30.3 Å². The number of alkyl halides is 3. The maximum absolute atomic E-state index is 11.1. The second-order valence-corrected chi connectivity index (χ2v) is 13.6. The van der Waals surface area contributed by atoms with E-state index in [1.54, 1.807) is 0 Å². The fraction of sp³-hybridized carbons (Fsp3) is 0.600. The van der Waals surface area contributed by atoms with Crippen LogP contribution in [0.2, 0.25) is 0 Å². The molecule has 3 rings (SSSR count). The van der Waals surface area contributed by atoms with Gasteiger partial charge < -0.3 is 0 Å². The first-order chi connectivity index (χ1) is 8.75. The van der Waals surface area contributed by atoms with E-state index < -0.39 is 18.8 Å². The zero-order valence-electron chi connectivity index (χ0n) is 10.9. The summed E-state index contributed by atoms with van der Waals surface area (Å²) in [6.07, 6.45) is 5.21. The Morgan fingerprint density at radius 3 is 2.61 bits per heavy atom. The van der Waals surface area contributed by atoms with Crippen molar-refractivity contribution in [2.24, 2.45) is 0 Å². The van der Waals surface area contributed by atoms with Crippen LogP contribution in [0.1, 0.15) is 35.2 Å². The minimum atomic E-state index is -2.55. The maximum atomic E-state index is 11.1. The van der Waals surface area contributed by atoms with Crippen molar-refractivity contribution in [3.8, 4) is 0 Å². The summed E-state index contributed by atoms with van der Waals surface area (Å²) in [5.74, 6) is 0. The summed E-state index contributed by atoms with van der Waals surface area (Å²) < 4.78 is 18.8. The monoisotopic (exact) mass is 361 g/mol. The molecule has 1 aliphatic heterocycles. The van der Waals surface area contributed by atoms with Gasteiger partial charge in [0.25, 0.3) is 0 Å². The van der Waals surface area contributed by atoms with E-state index in [2.05, 4.69) is 30.3 Å². The molecular formula is C15H22IO2-. The van der Waals surface area contributed by atoms with E-state index in [1.165, 1.54) is 24.8 Å². The van der Waals surface area contributed by atoms with Crippen molar-refractivity contribution >= 4 is 0 Å². The molecule has 0 bridgehead atoms. The van der Waals surface area contributed by atoms with Crippen molar-refractivity contribution in [2.45, 2.75) is 39.6 Å². The normalized spacial score (nSPS) is 43.1. The molecule has 1 saturated carbocycles. The summed E-state index contributed by atoms with van der Waals surface area (Å²) in [6.45, 7) is 0. The van der Waals surface area contributed by atoms with Crippen LogP contribution in [-0.4, -0.2) is 25.0 Å². The van der Waals surface area contributed by atoms with Gasteiger partial charge in [0.2, 0.25) is 0 Å². The number of benzene rings is 1. The van der Waals surface area contributed by atoms with Gasteiger partial charge in [-0.25, -0.2) is 0 Å². The van der Waals surface area contributed by atoms with E-state index in [0.29, 0.717) is 14.0 Å². The zero-order chi connectivity index (χ0) is 12.6. The average Bonchev–Trinajstić information content (AvgIpc) is 3.13. The molecule has 0 radical (unpaired) electrons.